The number of hydrogen-bond donors (Lipinski definition) is 4. The third-order valence-corrected chi connectivity index (χ3v) is 10.2. The number of carbonyl (C=O) groups excluding carboxylic acids is 2. The van der Waals surface area contributed by atoms with Gasteiger partial charge in [0.15, 0.2) is 0 Å². The van der Waals surface area contributed by atoms with Crippen molar-refractivity contribution in [2.24, 2.45) is 0 Å². The zero-order valence-corrected chi connectivity index (χ0v) is 32.8. The van der Waals surface area contributed by atoms with Crippen molar-refractivity contribution in [3.05, 3.63) is 35.4 Å². The van der Waals surface area contributed by atoms with Gasteiger partial charge >= 0.3 is 0 Å². The second kappa shape index (κ2) is 34.2. The number of amides is 2. The number of aliphatic hydroxyl groups is 2. The molecule has 0 saturated heterocycles. The predicted molar refractivity (Wildman–Crippen MR) is 212 cm³/mol. The number of benzene rings is 1. The molecule has 0 aromatic heterocycles. The maximum atomic E-state index is 12.5. The minimum atomic E-state index is -0.131. The summed E-state index contributed by atoms with van der Waals surface area (Å²) in [6, 6.07) is 8.02. The van der Waals surface area contributed by atoms with E-state index in [1.807, 2.05) is 24.3 Å². The van der Waals surface area contributed by atoms with Crippen LogP contribution in [-0.2, 0) is 22.7 Å². The summed E-state index contributed by atoms with van der Waals surface area (Å²) in [5.74, 6) is 0.178. The fraction of sp³-hybridized carbons (Fsp3) is 0.818. The highest BCUT2D eigenvalue weighted by Gasteiger charge is 2.09. The van der Waals surface area contributed by atoms with Crippen LogP contribution in [0.4, 0.5) is 0 Å². The molecular formula is C44H80N2O4. The van der Waals surface area contributed by atoms with Gasteiger partial charge in [-0.05, 0) is 49.7 Å². The van der Waals surface area contributed by atoms with Crippen LogP contribution in [0, 0.1) is 0 Å². The first-order chi connectivity index (χ1) is 24.5. The molecule has 1 rings (SSSR count). The lowest BCUT2D eigenvalue weighted by Crippen LogP contribution is -2.25. The molecule has 0 aliphatic heterocycles. The van der Waals surface area contributed by atoms with Gasteiger partial charge in [-0.1, -0.05) is 179 Å². The standard InChI is InChI=1S/C44H80N2O4/c1-3-5-7-9-15-21-31-41(47)33-23-17-11-13-19-25-35-43(49)45-37-39-29-27-28-30-40(39)38-46-44(50)36-26-20-14-12-18-24-34-42(48)32-22-16-10-8-6-4-2/h27-30,41-42,47-48H,3-26,31-38H2,1-2H3,(H,45,49)(H,46,50). The Morgan fingerprint density at radius 1 is 0.460 bits per heavy atom. The van der Waals surface area contributed by atoms with E-state index in [2.05, 4.69) is 24.5 Å². The maximum Gasteiger partial charge on any atom is 0.220 e. The summed E-state index contributed by atoms with van der Waals surface area (Å²) in [7, 11) is 0. The first kappa shape index (κ1) is 46.1. The smallest absolute Gasteiger partial charge is 0.220 e. The minimum absolute atomic E-state index is 0.0889. The normalized spacial score (nSPS) is 12.6. The van der Waals surface area contributed by atoms with Crippen LogP contribution in [0.25, 0.3) is 0 Å². The molecule has 0 spiro atoms. The quantitative estimate of drug-likeness (QED) is 0.0524. The number of rotatable bonds is 36. The molecule has 0 fully saturated rings. The Balaban J connectivity index is 2.03. The largest absolute Gasteiger partial charge is 0.393 e. The summed E-state index contributed by atoms with van der Waals surface area (Å²) in [5, 5.41) is 26.5. The van der Waals surface area contributed by atoms with Crippen LogP contribution in [0.5, 0.6) is 0 Å². The van der Waals surface area contributed by atoms with Crippen LogP contribution < -0.4 is 10.6 Å². The Morgan fingerprint density at radius 2 is 0.740 bits per heavy atom. The monoisotopic (exact) mass is 701 g/mol. The lowest BCUT2D eigenvalue weighted by atomic mass is 10.0. The van der Waals surface area contributed by atoms with Crippen molar-refractivity contribution >= 4 is 11.8 Å². The summed E-state index contributed by atoms with van der Waals surface area (Å²) in [6.07, 6.45) is 33.1. The van der Waals surface area contributed by atoms with Gasteiger partial charge in [0, 0.05) is 25.9 Å². The van der Waals surface area contributed by atoms with Gasteiger partial charge in [-0.2, -0.15) is 0 Å². The predicted octanol–water partition coefficient (Wildman–Crippen LogP) is 11.4. The number of hydrogen-bond acceptors (Lipinski definition) is 4. The topological polar surface area (TPSA) is 98.7 Å². The van der Waals surface area contributed by atoms with E-state index in [-0.39, 0.29) is 24.0 Å². The molecule has 6 nitrogen and oxygen atoms in total. The Morgan fingerprint density at radius 3 is 1.06 bits per heavy atom. The lowest BCUT2D eigenvalue weighted by Gasteiger charge is -2.12. The number of carbonyl (C=O) groups is 2. The van der Waals surface area contributed by atoms with Gasteiger partial charge in [-0.3, -0.25) is 9.59 Å². The Labute approximate surface area is 308 Å². The zero-order chi connectivity index (χ0) is 36.3. The van der Waals surface area contributed by atoms with Crippen LogP contribution in [0.3, 0.4) is 0 Å². The maximum absolute atomic E-state index is 12.5. The van der Waals surface area contributed by atoms with E-state index in [0.29, 0.717) is 25.9 Å². The molecule has 0 heterocycles. The van der Waals surface area contributed by atoms with Crippen molar-refractivity contribution in [2.75, 3.05) is 0 Å². The second-order valence-electron chi connectivity index (χ2n) is 15.1. The number of nitrogens with one attached hydrogen (secondary N) is 2. The molecule has 0 bridgehead atoms. The van der Waals surface area contributed by atoms with Crippen LogP contribution in [0.1, 0.15) is 218 Å². The van der Waals surface area contributed by atoms with Gasteiger partial charge in [0.25, 0.3) is 0 Å². The molecule has 1 aromatic rings. The fourth-order valence-corrected chi connectivity index (χ4v) is 6.82. The van der Waals surface area contributed by atoms with E-state index in [1.54, 1.807) is 0 Å². The third-order valence-electron chi connectivity index (χ3n) is 10.2. The third kappa shape index (κ3) is 28.7. The van der Waals surface area contributed by atoms with Crippen LogP contribution in [0.2, 0.25) is 0 Å². The summed E-state index contributed by atoms with van der Waals surface area (Å²) in [6.45, 7) is 5.46. The molecule has 1 aromatic carbocycles. The zero-order valence-electron chi connectivity index (χ0n) is 32.8. The molecule has 0 radical (unpaired) electrons. The van der Waals surface area contributed by atoms with E-state index in [1.165, 1.54) is 89.9 Å². The van der Waals surface area contributed by atoms with Crippen molar-refractivity contribution in [3.8, 4) is 0 Å². The van der Waals surface area contributed by atoms with Crippen molar-refractivity contribution in [1.82, 2.24) is 10.6 Å². The van der Waals surface area contributed by atoms with Gasteiger partial charge in [0.1, 0.15) is 0 Å². The molecule has 0 saturated carbocycles. The average Bonchev–Trinajstić information content (AvgIpc) is 3.12. The highest BCUT2D eigenvalue weighted by Crippen LogP contribution is 2.16. The van der Waals surface area contributed by atoms with Crippen molar-refractivity contribution in [3.63, 3.8) is 0 Å². The highest BCUT2D eigenvalue weighted by molar-refractivity contribution is 5.76. The van der Waals surface area contributed by atoms with Crippen LogP contribution in [-0.4, -0.2) is 34.2 Å². The van der Waals surface area contributed by atoms with E-state index >= 15 is 0 Å². The van der Waals surface area contributed by atoms with Crippen molar-refractivity contribution in [2.45, 2.75) is 232 Å². The number of unbranched alkanes of at least 4 members (excludes halogenated alkanes) is 20. The Bertz CT molecular complexity index is 850. The molecule has 2 amide bonds. The van der Waals surface area contributed by atoms with Crippen LogP contribution >= 0.6 is 0 Å². The summed E-state index contributed by atoms with van der Waals surface area (Å²) in [5.41, 5.74) is 2.11. The lowest BCUT2D eigenvalue weighted by molar-refractivity contribution is -0.122. The molecular weight excluding hydrogens is 620 g/mol. The summed E-state index contributed by atoms with van der Waals surface area (Å²) >= 11 is 0. The van der Waals surface area contributed by atoms with Gasteiger partial charge < -0.3 is 20.8 Å². The number of aliphatic hydroxyl groups excluding tert-OH is 2. The second-order valence-corrected chi connectivity index (χ2v) is 15.1. The van der Waals surface area contributed by atoms with E-state index < -0.39 is 0 Å². The first-order valence-corrected chi connectivity index (χ1v) is 21.4. The van der Waals surface area contributed by atoms with Gasteiger partial charge in [0.05, 0.1) is 12.2 Å². The van der Waals surface area contributed by atoms with Gasteiger partial charge in [-0.15, -0.1) is 0 Å². The van der Waals surface area contributed by atoms with Crippen molar-refractivity contribution in [1.29, 1.82) is 0 Å². The SMILES string of the molecule is CCCCCCCCC(O)CCCCCCCCC(=O)NCc1ccccc1CNC(=O)CCCCCCCCC(O)CCCCCCCC. The molecule has 0 aliphatic carbocycles. The highest BCUT2D eigenvalue weighted by atomic mass is 16.3. The van der Waals surface area contributed by atoms with E-state index in [9.17, 15) is 19.8 Å². The Hall–Kier alpha value is -1.92. The molecule has 2 atom stereocenters. The molecule has 290 valence electrons. The van der Waals surface area contributed by atoms with E-state index in [0.717, 1.165) is 101 Å². The van der Waals surface area contributed by atoms with E-state index in [4.69, 9.17) is 0 Å². The van der Waals surface area contributed by atoms with Gasteiger partial charge in [0.2, 0.25) is 11.8 Å². The molecule has 0 aliphatic rings. The Kier molecular flexibility index (Phi) is 31.5. The van der Waals surface area contributed by atoms with Crippen molar-refractivity contribution < 1.29 is 19.8 Å². The summed E-state index contributed by atoms with van der Waals surface area (Å²) in [4.78, 5) is 25.0. The summed E-state index contributed by atoms with van der Waals surface area (Å²) < 4.78 is 0. The van der Waals surface area contributed by atoms with Crippen LogP contribution in [0.15, 0.2) is 24.3 Å². The first-order valence-electron chi connectivity index (χ1n) is 21.4. The van der Waals surface area contributed by atoms with Gasteiger partial charge in [-0.25, -0.2) is 0 Å². The molecule has 50 heavy (non-hydrogen) atoms. The molecule has 4 N–H and O–H groups in total. The minimum Gasteiger partial charge on any atom is -0.393 e. The molecule has 6 heteroatoms. The fourth-order valence-electron chi connectivity index (χ4n) is 6.82. The molecule has 2 unspecified atom stereocenters. The average molecular weight is 701 g/mol.